The fourth-order valence-corrected chi connectivity index (χ4v) is 1.56. The maximum atomic E-state index is 11.8. The predicted octanol–water partition coefficient (Wildman–Crippen LogP) is 1.80. The summed E-state index contributed by atoms with van der Waals surface area (Å²) < 4.78 is 9.45. The van der Waals surface area contributed by atoms with Crippen LogP contribution in [-0.4, -0.2) is 29.6 Å². The summed E-state index contributed by atoms with van der Waals surface area (Å²) in [4.78, 5) is 33.2. The summed E-state index contributed by atoms with van der Waals surface area (Å²) >= 11 is 0. The van der Waals surface area contributed by atoms with Crippen LogP contribution in [-0.2, 0) is 19.1 Å². The van der Waals surface area contributed by atoms with Gasteiger partial charge in [0, 0.05) is 13.0 Å². The Morgan fingerprint density at radius 2 is 1.95 bits per heavy atom. The number of carbonyl (C=O) groups excluding carboxylic acids is 2. The molecule has 0 spiro atoms. The molecule has 0 amide bonds. The average molecular weight is 293 g/mol. The van der Waals surface area contributed by atoms with E-state index >= 15 is 0 Å². The van der Waals surface area contributed by atoms with E-state index in [0.29, 0.717) is 5.56 Å². The lowest BCUT2D eigenvalue weighted by Gasteiger charge is -2.13. The van der Waals surface area contributed by atoms with Gasteiger partial charge in [-0.3, -0.25) is 14.9 Å². The van der Waals surface area contributed by atoms with Crippen LogP contribution in [0.15, 0.2) is 36.0 Å². The number of nitro groups is 1. The molecule has 0 radical (unpaired) electrons. The highest BCUT2D eigenvalue weighted by atomic mass is 16.6. The number of benzene rings is 1. The van der Waals surface area contributed by atoms with Crippen LogP contribution in [0, 0.1) is 10.1 Å². The van der Waals surface area contributed by atoms with E-state index in [4.69, 9.17) is 9.47 Å². The standard InChI is InChI=1S/C14H15NO6/c1-3-20-14(17)13(21-10(2)16)12(15(18)19)9-11-7-5-4-6-8-11/h4-9,13H,3H2,1-2H3/b12-9+/t13-/m0/s1. The smallest absolute Gasteiger partial charge is 0.358 e. The number of esters is 2. The molecule has 0 aliphatic heterocycles. The third-order valence-corrected chi connectivity index (χ3v) is 2.38. The van der Waals surface area contributed by atoms with Crippen LogP contribution >= 0.6 is 0 Å². The summed E-state index contributed by atoms with van der Waals surface area (Å²) in [5.74, 6) is -1.79. The first-order valence-electron chi connectivity index (χ1n) is 6.20. The van der Waals surface area contributed by atoms with Gasteiger partial charge >= 0.3 is 11.9 Å². The summed E-state index contributed by atoms with van der Waals surface area (Å²) in [7, 11) is 0. The van der Waals surface area contributed by atoms with Crippen LogP contribution in [0.5, 0.6) is 0 Å². The lowest BCUT2D eigenvalue weighted by Crippen LogP contribution is -2.33. The molecule has 1 rings (SSSR count). The molecule has 0 saturated heterocycles. The van der Waals surface area contributed by atoms with E-state index in [2.05, 4.69) is 0 Å². The zero-order valence-corrected chi connectivity index (χ0v) is 11.6. The third-order valence-electron chi connectivity index (χ3n) is 2.38. The first kappa shape index (κ1) is 16.4. The summed E-state index contributed by atoms with van der Waals surface area (Å²) in [6.45, 7) is 2.63. The minimum atomic E-state index is -1.70. The summed E-state index contributed by atoms with van der Waals surface area (Å²) in [6, 6.07) is 8.38. The van der Waals surface area contributed by atoms with E-state index < -0.39 is 28.7 Å². The van der Waals surface area contributed by atoms with Crippen molar-refractivity contribution in [3.8, 4) is 0 Å². The van der Waals surface area contributed by atoms with Gasteiger partial charge in [0.15, 0.2) is 0 Å². The fraction of sp³-hybridized carbons (Fsp3) is 0.286. The maximum absolute atomic E-state index is 11.8. The molecule has 21 heavy (non-hydrogen) atoms. The second kappa shape index (κ2) is 7.78. The van der Waals surface area contributed by atoms with Gasteiger partial charge in [-0.25, -0.2) is 4.79 Å². The SMILES string of the molecule is CCOC(=O)[C@@H](OC(C)=O)/C(=C\c1ccccc1)[N+](=O)[O-]. The molecule has 112 valence electrons. The minimum Gasteiger partial charge on any atom is -0.463 e. The molecule has 1 aromatic carbocycles. The van der Waals surface area contributed by atoms with Gasteiger partial charge in [0.2, 0.25) is 0 Å². The lowest BCUT2D eigenvalue weighted by molar-refractivity contribution is -0.432. The summed E-state index contributed by atoms with van der Waals surface area (Å²) in [6.07, 6.45) is -0.525. The van der Waals surface area contributed by atoms with Crippen molar-refractivity contribution in [2.45, 2.75) is 20.0 Å². The second-order valence-corrected chi connectivity index (χ2v) is 3.98. The Morgan fingerprint density at radius 3 is 2.43 bits per heavy atom. The van der Waals surface area contributed by atoms with Gasteiger partial charge < -0.3 is 9.47 Å². The number of hydrogen-bond donors (Lipinski definition) is 0. The third kappa shape index (κ3) is 5.06. The Bertz CT molecular complexity index is 552. The van der Waals surface area contributed by atoms with Crippen LogP contribution in [0.4, 0.5) is 0 Å². The number of rotatable bonds is 6. The Labute approximate surface area is 121 Å². The molecule has 0 aromatic heterocycles. The average Bonchev–Trinajstić information content (AvgIpc) is 2.43. The van der Waals surface area contributed by atoms with Gasteiger partial charge in [-0.1, -0.05) is 30.3 Å². The van der Waals surface area contributed by atoms with Gasteiger partial charge in [-0.2, -0.15) is 0 Å². The molecule has 0 saturated carbocycles. The van der Waals surface area contributed by atoms with Crippen LogP contribution < -0.4 is 0 Å². The summed E-state index contributed by atoms with van der Waals surface area (Å²) in [5.41, 5.74) is -0.0551. The zero-order chi connectivity index (χ0) is 15.8. The van der Waals surface area contributed by atoms with E-state index in [-0.39, 0.29) is 6.61 Å². The predicted molar refractivity (Wildman–Crippen MR) is 73.6 cm³/mol. The largest absolute Gasteiger partial charge is 0.463 e. The van der Waals surface area contributed by atoms with Crippen LogP contribution in [0.1, 0.15) is 19.4 Å². The molecule has 0 N–H and O–H groups in total. The van der Waals surface area contributed by atoms with Crippen molar-refractivity contribution < 1.29 is 24.0 Å². The Balaban J connectivity index is 3.19. The fourth-order valence-electron chi connectivity index (χ4n) is 1.56. The van der Waals surface area contributed by atoms with E-state index in [1.807, 2.05) is 0 Å². The molecule has 0 bridgehead atoms. The maximum Gasteiger partial charge on any atom is 0.358 e. The van der Waals surface area contributed by atoms with Crippen LogP contribution in [0.25, 0.3) is 6.08 Å². The topological polar surface area (TPSA) is 95.7 Å². The first-order valence-corrected chi connectivity index (χ1v) is 6.20. The molecular formula is C14H15NO6. The van der Waals surface area contributed by atoms with Gasteiger partial charge in [0.25, 0.3) is 11.8 Å². The highest BCUT2D eigenvalue weighted by molar-refractivity contribution is 5.82. The van der Waals surface area contributed by atoms with E-state index in [1.165, 1.54) is 6.08 Å². The van der Waals surface area contributed by atoms with Crippen molar-refractivity contribution in [3.63, 3.8) is 0 Å². The summed E-state index contributed by atoms with van der Waals surface area (Å²) in [5, 5.41) is 11.2. The van der Waals surface area contributed by atoms with Gasteiger partial charge in [-0.15, -0.1) is 0 Å². The quantitative estimate of drug-likeness (QED) is 0.451. The normalized spacial score (nSPS) is 12.4. The Kier molecular flexibility index (Phi) is 6.06. The molecule has 0 aliphatic rings. The van der Waals surface area contributed by atoms with Crippen molar-refractivity contribution in [1.82, 2.24) is 0 Å². The van der Waals surface area contributed by atoms with E-state index in [1.54, 1.807) is 37.3 Å². The Morgan fingerprint density at radius 1 is 1.33 bits per heavy atom. The van der Waals surface area contributed by atoms with Gasteiger partial charge in [-0.05, 0) is 12.5 Å². The minimum absolute atomic E-state index is 0.0208. The van der Waals surface area contributed by atoms with Crippen LogP contribution in [0.2, 0.25) is 0 Å². The molecule has 1 atom stereocenters. The molecular weight excluding hydrogens is 278 g/mol. The zero-order valence-electron chi connectivity index (χ0n) is 11.6. The van der Waals surface area contributed by atoms with Crippen molar-refractivity contribution in [2.75, 3.05) is 6.61 Å². The Hall–Kier alpha value is -2.70. The molecule has 7 nitrogen and oxygen atoms in total. The van der Waals surface area contributed by atoms with E-state index in [9.17, 15) is 19.7 Å². The van der Waals surface area contributed by atoms with Crippen molar-refractivity contribution in [3.05, 3.63) is 51.7 Å². The van der Waals surface area contributed by atoms with Gasteiger partial charge in [0.1, 0.15) is 0 Å². The number of carbonyl (C=O) groups is 2. The van der Waals surface area contributed by atoms with Crippen molar-refractivity contribution in [2.24, 2.45) is 0 Å². The highest BCUT2D eigenvalue weighted by Crippen LogP contribution is 2.15. The molecule has 0 unspecified atom stereocenters. The first-order chi connectivity index (χ1) is 9.95. The number of nitrogens with zero attached hydrogens (tertiary/aromatic N) is 1. The molecule has 0 heterocycles. The van der Waals surface area contributed by atoms with Crippen molar-refractivity contribution in [1.29, 1.82) is 0 Å². The highest BCUT2D eigenvalue weighted by Gasteiger charge is 2.36. The van der Waals surface area contributed by atoms with E-state index in [0.717, 1.165) is 6.92 Å². The monoisotopic (exact) mass is 293 g/mol. The molecule has 7 heteroatoms. The number of ether oxygens (including phenoxy) is 2. The molecule has 1 aromatic rings. The second-order valence-electron chi connectivity index (χ2n) is 3.98. The van der Waals surface area contributed by atoms with Crippen molar-refractivity contribution >= 4 is 18.0 Å². The molecule has 0 aliphatic carbocycles. The molecule has 0 fully saturated rings. The lowest BCUT2D eigenvalue weighted by atomic mass is 10.1. The van der Waals surface area contributed by atoms with Crippen LogP contribution in [0.3, 0.4) is 0 Å². The number of hydrogen-bond acceptors (Lipinski definition) is 6. The van der Waals surface area contributed by atoms with Gasteiger partial charge in [0.05, 0.1) is 11.5 Å².